The van der Waals surface area contributed by atoms with E-state index in [2.05, 4.69) is 4.74 Å². The number of methoxy groups -OCH3 is 1. The van der Waals surface area contributed by atoms with Crippen molar-refractivity contribution in [1.29, 1.82) is 0 Å². The molecule has 0 rings (SSSR count). The predicted octanol–water partition coefficient (Wildman–Crippen LogP) is 1.75. The van der Waals surface area contributed by atoms with Gasteiger partial charge >= 0.3 is 5.97 Å². The van der Waals surface area contributed by atoms with Crippen molar-refractivity contribution in [2.45, 2.75) is 51.2 Å². The zero-order valence-corrected chi connectivity index (χ0v) is 10.6. The molecule has 0 aliphatic rings. The van der Waals surface area contributed by atoms with Gasteiger partial charge in [0.2, 0.25) is 0 Å². The van der Waals surface area contributed by atoms with Gasteiger partial charge in [-0.1, -0.05) is 0 Å². The number of ether oxygens (including phenoxy) is 2. The maximum atomic E-state index is 12.7. The summed E-state index contributed by atoms with van der Waals surface area (Å²) in [7, 11) is 1.33. The molecule has 0 aromatic rings. The molecule has 0 spiro atoms. The number of esters is 1. The van der Waals surface area contributed by atoms with E-state index in [9.17, 15) is 18.7 Å². The smallest absolute Gasteiger partial charge is 0.309 e. The number of halogens is 2. The average Bonchev–Trinajstić information content (AvgIpc) is 2.11. The molecule has 0 amide bonds. The SMILES string of the molecule is COCCC(O)(CC(=O)OC(C)(C)C)C(F)F. The minimum absolute atomic E-state index is 0.0519. The van der Waals surface area contributed by atoms with Gasteiger partial charge < -0.3 is 14.6 Å². The molecule has 4 nitrogen and oxygen atoms in total. The van der Waals surface area contributed by atoms with Crippen LogP contribution in [0.15, 0.2) is 0 Å². The van der Waals surface area contributed by atoms with Crippen molar-refractivity contribution in [3.05, 3.63) is 0 Å². The Morgan fingerprint density at radius 2 is 1.88 bits per heavy atom. The van der Waals surface area contributed by atoms with Crippen LogP contribution in [-0.2, 0) is 14.3 Å². The maximum Gasteiger partial charge on any atom is 0.309 e. The van der Waals surface area contributed by atoms with Crippen molar-refractivity contribution in [3.63, 3.8) is 0 Å². The van der Waals surface area contributed by atoms with E-state index in [0.717, 1.165) is 0 Å². The van der Waals surface area contributed by atoms with Crippen molar-refractivity contribution < 1.29 is 28.2 Å². The monoisotopic (exact) mass is 254 g/mol. The lowest BCUT2D eigenvalue weighted by atomic mass is 9.96. The molecule has 0 heterocycles. The molecule has 1 unspecified atom stereocenters. The topological polar surface area (TPSA) is 55.8 Å². The van der Waals surface area contributed by atoms with Crippen molar-refractivity contribution in [2.24, 2.45) is 0 Å². The molecule has 1 atom stereocenters. The molecule has 0 radical (unpaired) electrons. The van der Waals surface area contributed by atoms with Gasteiger partial charge in [-0.15, -0.1) is 0 Å². The van der Waals surface area contributed by atoms with Crippen LogP contribution in [-0.4, -0.2) is 42.4 Å². The van der Waals surface area contributed by atoms with E-state index in [1.165, 1.54) is 7.11 Å². The number of hydrogen-bond acceptors (Lipinski definition) is 4. The molecule has 0 aromatic heterocycles. The van der Waals surface area contributed by atoms with Crippen molar-refractivity contribution in [3.8, 4) is 0 Å². The average molecular weight is 254 g/mol. The van der Waals surface area contributed by atoms with Gasteiger partial charge in [0, 0.05) is 20.1 Å². The maximum absolute atomic E-state index is 12.7. The van der Waals surface area contributed by atoms with Crippen LogP contribution in [0.5, 0.6) is 0 Å². The number of aliphatic hydroxyl groups is 1. The van der Waals surface area contributed by atoms with Crippen LogP contribution in [0.3, 0.4) is 0 Å². The molecule has 0 fully saturated rings. The third-order valence-corrected chi connectivity index (χ3v) is 2.02. The van der Waals surface area contributed by atoms with E-state index in [4.69, 9.17) is 4.74 Å². The minimum atomic E-state index is -3.02. The Morgan fingerprint density at radius 3 is 2.24 bits per heavy atom. The van der Waals surface area contributed by atoms with Gasteiger partial charge in [0.25, 0.3) is 6.43 Å². The first-order chi connectivity index (χ1) is 7.60. The Bertz CT molecular complexity index is 250. The Hall–Kier alpha value is -0.750. The molecular weight excluding hydrogens is 234 g/mol. The summed E-state index contributed by atoms with van der Waals surface area (Å²) in [6, 6.07) is 0. The molecule has 6 heteroatoms. The second-order valence-electron chi connectivity index (χ2n) is 4.91. The first kappa shape index (κ1) is 16.2. The fourth-order valence-corrected chi connectivity index (χ4v) is 1.18. The minimum Gasteiger partial charge on any atom is -0.460 e. The van der Waals surface area contributed by atoms with Gasteiger partial charge in [0.1, 0.15) is 11.2 Å². The highest BCUT2D eigenvalue weighted by atomic mass is 19.3. The van der Waals surface area contributed by atoms with Gasteiger partial charge in [0.15, 0.2) is 0 Å². The molecule has 17 heavy (non-hydrogen) atoms. The molecule has 0 saturated heterocycles. The van der Waals surface area contributed by atoms with Gasteiger partial charge in [0.05, 0.1) is 6.42 Å². The summed E-state index contributed by atoms with van der Waals surface area (Å²) in [4.78, 5) is 11.4. The highest BCUT2D eigenvalue weighted by molar-refractivity contribution is 5.71. The first-order valence-electron chi connectivity index (χ1n) is 5.32. The van der Waals surface area contributed by atoms with Crippen molar-refractivity contribution in [2.75, 3.05) is 13.7 Å². The summed E-state index contributed by atoms with van der Waals surface area (Å²) in [6.45, 7) is 4.83. The van der Waals surface area contributed by atoms with Gasteiger partial charge in [-0.2, -0.15) is 0 Å². The summed E-state index contributed by atoms with van der Waals surface area (Å²) in [5.41, 5.74) is -3.15. The highest BCUT2D eigenvalue weighted by Gasteiger charge is 2.40. The Labute approximate surface area is 99.9 Å². The number of carbonyl (C=O) groups is 1. The quantitative estimate of drug-likeness (QED) is 0.734. The third kappa shape index (κ3) is 6.53. The van der Waals surface area contributed by atoms with Gasteiger partial charge in [-0.05, 0) is 20.8 Å². The van der Waals surface area contributed by atoms with Crippen LogP contribution in [0.2, 0.25) is 0 Å². The van der Waals surface area contributed by atoms with E-state index >= 15 is 0 Å². The normalized spacial score (nSPS) is 15.8. The molecule has 0 aliphatic carbocycles. The Kier molecular flexibility index (Phi) is 5.98. The molecule has 102 valence electrons. The molecule has 0 aromatic carbocycles. The fourth-order valence-electron chi connectivity index (χ4n) is 1.18. The van der Waals surface area contributed by atoms with Gasteiger partial charge in [-0.25, -0.2) is 8.78 Å². The zero-order valence-electron chi connectivity index (χ0n) is 10.6. The second kappa shape index (κ2) is 6.26. The molecule has 0 aliphatic heterocycles. The van der Waals surface area contributed by atoms with E-state index in [-0.39, 0.29) is 13.0 Å². The van der Waals surface area contributed by atoms with Crippen molar-refractivity contribution >= 4 is 5.97 Å². The first-order valence-corrected chi connectivity index (χ1v) is 5.32. The lowest BCUT2D eigenvalue weighted by molar-refractivity contribution is -0.171. The zero-order chi connectivity index (χ0) is 13.7. The predicted molar refractivity (Wildman–Crippen MR) is 57.9 cm³/mol. The fraction of sp³-hybridized carbons (Fsp3) is 0.909. The highest BCUT2D eigenvalue weighted by Crippen LogP contribution is 2.25. The summed E-state index contributed by atoms with van der Waals surface area (Å²) in [6.07, 6.45) is -4.09. The van der Waals surface area contributed by atoms with E-state index in [1.807, 2.05) is 0 Å². The van der Waals surface area contributed by atoms with Crippen LogP contribution in [0.25, 0.3) is 0 Å². The van der Waals surface area contributed by atoms with Crippen molar-refractivity contribution in [1.82, 2.24) is 0 Å². The summed E-state index contributed by atoms with van der Waals surface area (Å²) < 4.78 is 34.9. The lowest BCUT2D eigenvalue weighted by Crippen LogP contribution is -2.42. The Morgan fingerprint density at radius 1 is 1.35 bits per heavy atom. The van der Waals surface area contributed by atoms with E-state index in [0.29, 0.717) is 0 Å². The van der Waals surface area contributed by atoms with Crippen LogP contribution in [0.4, 0.5) is 8.78 Å². The molecule has 1 N–H and O–H groups in total. The van der Waals surface area contributed by atoms with Crippen LogP contribution < -0.4 is 0 Å². The second-order valence-corrected chi connectivity index (χ2v) is 4.91. The summed E-state index contributed by atoms with van der Waals surface area (Å²) in [5.74, 6) is -0.851. The largest absolute Gasteiger partial charge is 0.460 e. The Balaban J connectivity index is 4.49. The number of hydrogen-bond donors (Lipinski definition) is 1. The molecule has 0 bridgehead atoms. The third-order valence-electron chi connectivity index (χ3n) is 2.02. The van der Waals surface area contributed by atoms with Crippen LogP contribution in [0.1, 0.15) is 33.6 Å². The molecule has 0 saturated carbocycles. The number of carbonyl (C=O) groups excluding carboxylic acids is 1. The van der Waals surface area contributed by atoms with Crippen LogP contribution in [0, 0.1) is 0 Å². The van der Waals surface area contributed by atoms with E-state index in [1.54, 1.807) is 20.8 Å². The summed E-state index contributed by atoms with van der Waals surface area (Å²) in [5, 5.41) is 9.66. The number of alkyl halides is 2. The lowest BCUT2D eigenvalue weighted by Gasteiger charge is -2.28. The van der Waals surface area contributed by atoms with Gasteiger partial charge in [-0.3, -0.25) is 4.79 Å². The van der Waals surface area contributed by atoms with Crippen LogP contribution >= 0.6 is 0 Å². The number of rotatable bonds is 6. The van der Waals surface area contributed by atoms with E-state index < -0.39 is 30.0 Å². The molecular formula is C11H20F2O4. The summed E-state index contributed by atoms with van der Waals surface area (Å²) >= 11 is 0. The standard InChI is InChI=1S/C11H20F2O4/c1-10(2,3)17-8(14)7-11(15,9(12)13)5-6-16-4/h9,15H,5-7H2,1-4H3.